The first-order chi connectivity index (χ1) is 11.9. The minimum absolute atomic E-state index is 0.0247. The van der Waals surface area contributed by atoms with Crippen LogP contribution in [-0.4, -0.2) is 62.0 Å². The van der Waals surface area contributed by atoms with Crippen LogP contribution in [-0.2, 0) is 9.59 Å². The number of piperidine rings is 1. The zero-order chi connectivity index (χ0) is 18.4. The molecule has 1 saturated heterocycles. The average molecular weight is 347 g/mol. The Morgan fingerprint density at radius 3 is 2.60 bits per heavy atom. The second kappa shape index (κ2) is 8.74. The van der Waals surface area contributed by atoms with E-state index in [1.165, 1.54) is 4.90 Å². The highest BCUT2D eigenvalue weighted by molar-refractivity contribution is 5.82. The monoisotopic (exact) mass is 347 g/mol. The predicted octanol–water partition coefficient (Wildman–Crippen LogP) is 2.13. The van der Waals surface area contributed by atoms with Crippen molar-refractivity contribution in [2.24, 2.45) is 5.92 Å². The van der Waals surface area contributed by atoms with E-state index in [1.54, 1.807) is 14.1 Å². The number of ether oxygens (including phenoxy) is 1. The van der Waals surface area contributed by atoms with Crippen molar-refractivity contribution in [1.82, 2.24) is 9.80 Å². The summed E-state index contributed by atoms with van der Waals surface area (Å²) in [4.78, 5) is 27.5. The van der Waals surface area contributed by atoms with Crippen molar-refractivity contribution in [3.63, 3.8) is 0 Å². The Hall–Kier alpha value is -2.24. The van der Waals surface area contributed by atoms with E-state index >= 15 is 0 Å². The summed E-state index contributed by atoms with van der Waals surface area (Å²) in [6, 6.07) is 5.71. The fourth-order valence-corrected chi connectivity index (χ4v) is 2.70. The number of likely N-dealkylation sites (tertiary alicyclic amines) is 1. The Kier molecular flexibility index (Phi) is 6.67. The molecule has 0 aliphatic carbocycles. The van der Waals surface area contributed by atoms with Crippen molar-refractivity contribution < 1.29 is 14.3 Å². The van der Waals surface area contributed by atoms with Gasteiger partial charge in [-0.1, -0.05) is 13.0 Å². The maximum Gasteiger partial charge on any atom is 0.259 e. The SMILES string of the molecule is Cc1ccc(NCC(=O)N2CCC(C)CC2)c(OCC(=O)N(C)C)c1. The number of hydrogen-bond donors (Lipinski definition) is 1. The lowest BCUT2D eigenvalue weighted by molar-refractivity contribution is -0.131. The molecule has 1 aromatic rings. The number of hydrogen-bond acceptors (Lipinski definition) is 4. The summed E-state index contributed by atoms with van der Waals surface area (Å²) >= 11 is 0. The Balaban J connectivity index is 1.94. The highest BCUT2D eigenvalue weighted by Crippen LogP contribution is 2.26. The standard InChI is InChI=1S/C19H29N3O3/c1-14-7-9-22(10-8-14)18(23)12-20-16-6-5-15(2)11-17(16)25-13-19(24)21(3)4/h5-6,11,14,20H,7-10,12-13H2,1-4H3. The summed E-state index contributed by atoms with van der Waals surface area (Å²) in [5.74, 6) is 1.28. The Morgan fingerprint density at radius 2 is 1.96 bits per heavy atom. The van der Waals surface area contributed by atoms with E-state index in [-0.39, 0.29) is 25.0 Å². The number of nitrogens with one attached hydrogen (secondary N) is 1. The highest BCUT2D eigenvalue weighted by Gasteiger charge is 2.20. The molecular formula is C19H29N3O3. The van der Waals surface area contributed by atoms with Crippen LogP contribution in [0.3, 0.4) is 0 Å². The topological polar surface area (TPSA) is 61.9 Å². The van der Waals surface area contributed by atoms with E-state index in [9.17, 15) is 9.59 Å². The summed E-state index contributed by atoms with van der Waals surface area (Å²) in [7, 11) is 3.39. The summed E-state index contributed by atoms with van der Waals surface area (Å²) in [5.41, 5.74) is 1.77. The molecule has 0 unspecified atom stereocenters. The van der Waals surface area contributed by atoms with Gasteiger partial charge in [-0.2, -0.15) is 0 Å². The molecule has 0 spiro atoms. The molecule has 0 aromatic heterocycles. The number of nitrogens with zero attached hydrogens (tertiary/aromatic N) is 2. The number of amides is 2. The van der Waals surface area contributed by atoms with Crippen molar-refractivity contribution in [2.45, 2.75) is 26.7 Å². The van der Waals surface area contributed by atoms with Gasteiger partial charge in [0.1, 0.15) is 5.75 Å². The maximum atomic E-state index is 12.4. The number of carbonyl (C=O) groups is 2. The molecule has 25 heavy (non-hydrogen) atoms. The zero-order valence-corrected chi connectivity index (χ0v) is 15.7. The van der Waals surface area contributed by atoms with Crippen LogP contribution in [0.1, 0.15) is 25.3 Å². The fraction of sp³-hybridized carbons (Fsp3) is 0.579. The predicted molar refractivity (Wildman–Crippen MR) is 98.8 cm³/mol. The summed E-state index contributed by atoms with van der Waals surface area (Å²) < 4.78 is 5.65. The van der Waals surface area contributed by atoms with E-state index in [4.69, 9.17) is 4.74 Å². The van der Waals surface area contributed by atoms with Gasteiger partial charge in [0.15, 0.2) is 6.61 Å². The normalized spacial score (nSPS) is 15.0. The number of aryl methyl sites for hydroxylation is 1. The first kappa shape index (κ1) is 19.1. The molecule has 138 valence electrons. The lowest BCUT2D eigenvalue weighted by atomic mass is 9.99. The van der Waals surface area contributed by atoms with Crippen LogP contribution in [0.25, 0.3) is 0 Å². The molecule has 6 nitrogen and oxygen atoms in total. The third-order valence-corrected chi connectivity index (χ3v) is 4.55. The third-order valence-electron chi connectivity index (χ3n) is 4.55. The molecule has 6 heteroatoms. The van der Waals surface area contributed by atoms with Crippen LogP contribution in [0.4, 0.5) is 5.69 Å². The Labute approximate surface area is 150 Å². The van der Waals surface area contributed by atoms with Crippen LogP contribution in [0.2, 0.25) is 0 Å². The van der Waals surface area contributed by atoms with Crippen LogP contribution in [0.5, 0.6) is 5.75 Å². The number of carbonyl (C=O) groups excluding carboxylic acids is 2. The number of rotatable bonds is 6. The molecule has 2 amide bonds. The van der Waals surface area contributed by atoms with Crippen molar-refractivity contribution in [1.29, 1.82) is 0 Å². The molecule has 1 fully saturated rings. The molecular weight excluding hydrogens is 318 g/mol. The lowest BCUT2D eigenvalue weighted by Gasteiger charge is -2.30. The van der Waals surface area contributed by atoms with Crippen LogP contribution in [0, 0.1) is 12.8 Å². The minimum Gasteiger partial charge on any atom is -0.482 e. The van der Waals surface area contributed by atoms with Crippen LogP contribution >= 0.6 is 0 Å². The van der Waals surface area contributed by atoms with E-state index in [0.717, 1.165) is 37.2 Å². The lowest BCUT2D eigenvalue weighted by Crippen LogP contribution is -2.40. The van der Waals surface area contributed by atoms with Crippen molar-refractivity contribution in [3.05, 3.63) is 23.8 Å². The van der Waals surface area contributed by atoms with E-state index in [1.807, 2.05) is 30.0 Å². The van der Waals surface area contributed by atoms with Crippen LogP contribution in [0.15, 0.2) is 18.2 Å². The average Bonchev–Trinajstić information content (AvgIpc) is 2.59. The molecule has 0 atom stereocenters. The maximum absolute atomic E-state index is 12.4. The number of anilines is 1. The van der Waals surface area contributed by atoms with Gasteiger partial charge >= 0.3 is 0 Å². The second-order valence-corrected chi connectivity index (χ2v) is 6.99. The van der Waals surface area contributed by atoms with Gasteiger partial charge in [0.25, 0.3) is 5.91 Å². The Morgan fingerprint density at radius 1 is 1.28 bits per heavy atom. The van der Waals surface area contributed by atoms with Gasteiger partial charge in [0, 0.05) is 27.2 Å². The second-order valence-electron chi connectivity index (χ2n) is 6.99. The first-order valence-corrected chi connectivity index (χ1v) is 8.82. The number of benzene rings is 1. The molecule has 0 saturated carbocycles. The summed E-state index contributed by atoms with van der Waals surface area (Å²) in [6.07, 6.45) is 2.13. The van der Waals surface area contributed by atoms with Gasteiger partial charge in [-0.3, -0.25) is 9.59 Å². The molecule has 0 bridgehead atoms. The van der Waals surface area contributed by atoms with E-state index < -0.39 is 0 Å². The minimum atomic E-state index is -0.106. The fourth-order valence-electron chi connectivity index (χ4n) is 2.70. The van der Waals surface area contributed by atoms with Gasteiger partial charge in [-0.15, -0.1) is 0 Å². The molecule has 1 aliphatic rings. The largest absolute Gasteiger partial charge is 0.482 e. The van der Waals surface area contributed by atoms with E-state index in [0.29, 0.717) is 11.7 Å². The molecule has 0 radical (unpaired) electrons. The van der Waals surface area contributed by atoms with Gasteiger partial charge in [0.2, 0.25) is 5.91 Å². The molecule has 1 aliphatic heterocycles. The smallest absolute Gasteiger partial charge is 0.259 e. The quantitative estimate of drug-likeness (QED) is 0.856. The van der Waals surface area contributed by atoms with E-state index in [2.05, 4.69) is 12.2 Å². The number of likely N-dealkylation sites (N-methyl/N-ethyl adjacent to an activating group) is 1. The molecule has 2 rings (SSSR count). The molecule has 1 aromatic carbocycles. The third kappa shape index (κ3) is 5.66. The van der Waals surface area contributed by atoms with Gasteiger partial charge in [0.05, 0.1) is 12.2 Å². The highest BCUT2D eigenvalue weighted by atomic mass is 16.5. The zero-order valence-electron chi connectivity index (χ0n) is 15.7. The van der Waals surface area contributed by atoms with Gasteiger partial charge < -0.3 is 19.9 Å². The molecule has 1 heterocycles. The summed E-state index contributed by atoms with van der Waals surface area (Å²) in [6.45, 7) is 6.06. The first-order valence-electron chi connectivity index (χ1n) is 8.82. The van der Waals surface area contributed by atoms with Gasteiger partial charge in [-0.25, -0.2) is 0 Å². The molecule has 1 N–H and O–H groups in total. The Bertz CT molecular complexity index is 608. The van der Waals surface area contributed by atoms with Gasteiger partial charge in [-0.05, 0) is 43.4 Å². The van der Waals surface area contributed by atoms with Crippen molar-refractivity contribution >= 4 is 17.5 Å². The van der Waals surface area contributed by atoms with Crippen LogP contribution < -0.4 is 10.1 Å². The summed E-state index contributed by atoms with van der Waals surface area (Å²) in [5, 5.41) is 3.16. The van der Waals surface area contributed by atoms with Crippen molar-refractivity contribution in [3.8, 4) is 5.75 Å². The van der Waals surface area contributed by atoms with Crippen molar-refractivity contribution in [2.75, 3.05) is 45.7 Å².